The fourth-order valence-electron chi connectivity index (χ4n) is 3.98. The van der Waals surface area contributed by atoms with Crippen LogP contribution in [0.2, 0.25) is 0 Å². The molecule has 2 fully saturated rings. The number of hydrogen-bond donors (Lipinski definition) is 1. The lowest BCUT2D eigenvalue weighted by atomic mass is 9.85. The van der Waals surface area contributed by atoms with Crippen molar-refractivity contribution in [2.75, 3.05) is 39.9 Å². The highest BCUT2D eigenvalue weighted by atomic mass is 16.5. The Morgan fingerprint density at radius 3 is 3.04 bits per heavy atom. The molecule has 2 saturated heterocycles. The molecule has 2 amide bonds. The number of nitrogens with zero attached hydrogens (tertiary/aromatic N) is 3. The fourth-order valence-corrected chi connectivity index (χ4v) is 3.98. The molecule has 2 aliphatic heterocycles. The molecule has 0 saturated carbocycles. The summed E-state index contributed by atoms with van der Waals surface area (Å²) in [5, 5.41) is 0. The second-order valence-electron chi connectivity index (χ2n) is 6.93. The second-order valence-corrected chi connectivity index (χ2v) is 6.93. The van der Waals surface area contributed by atoms with Crippen LogP contribution in [-0.4, -0.2) is 71.5 Å². The number of benzene rings is 1. The lowest BCUT2D eigenvalue weighted by Crippen LogP contribution is -2.39. The molecule has 2 aliphatic rings. The highest BCUT2D eigenvalue weighted by Crippen LogP contribution is 2.41. The van der Waals surface area contributed by atoms with Crippen LogP contribution in [0.25, 0.3) is 11.0 Å². The lowest BCUT2D eigenvalue weighted by molar-refractivity contribution is -0.135. The monoisotopic (exact) mass is 342 g/mol. The van der Waals surface area contributed by atoms with Crippen molar-refractivity contribution in [1.82, 2.24) is 19.8 Å². The van der Waals surface area contributed by atoms with Crippen LogP contribution in [0.1, 0.15) is 23.2 Å². The fraction of sp³-hybridized carbons (Fsp3) is 0.500. The number of H-pyrrole nitrogens is 1. The number of aromatic nitrogens is 2. The molecule has 1 aromatic carbocycles. The molecule has 1 unspecified atom stereocenters. The zero-order valence-corrected chi connectivity index (χ0v) is 14.3. The molecule has 1 atom stereocenters. The Labute approximate surface area is 146 Å². The molecule has 2 aromatic rings. The summed E-state index contributed by atoms with van der Waals surface area (Å²) in [5.41, 5.74) is 1.92. The van der Waals surface area contributed by atoms with Crippen LogP contribution in [0.4, 0.5) is 0 Å². The maximum Gasteiger partial charge on any atom is 0.253 e. The molecule has 1 N–H and O–H groups in total. The third kappa shape index (κ3) is 2.68. The van der Waals surface area contributed by atoms with Crippen LogP contribution in [0, 0.1) is 5.41 Å². The maximum atomic E-state index is 12.9. The number of hydrogen-bond acceptors (Lipinski definition) is 4. The molecular formula is C18H22N4O3. The van der Waals surface area contributed by atoms with E-state index >= 15 is 0 Å². The van der Waals surface area contributed by atoms with Crippen LogP contribution < -0.4 is 0 Å². The van der Waals surface area contributed by atoms with Gasteiger partial charge in [0, 0.05) is 38.9 Å². The van der Waals surface area contributed by atoms with Gasteiger partial charge in [-0.2, -0.15) is 0 Å². The molecule has 132 valence electrons. The Balaban J connectivity index is 1.48. The van der Waals surface area contributed by atoms with Gasteiger partial charge in [-0.25, -0.2) is 4.98 Å². The van der Waals surface area contributed by atoms with Gasteiger partial charge < -0.3 is 19.5 Å². The average molecular weight is 342 g/mol. The van der Waals surface area contributed by atoms with E-state index in [-0.39, 0.29) is 11.8 Å². The summed E-state index contributed by atoms with van der Waals surface area (Å²) in [7, 11) is 1.64. The van der Waals surface area contributed by atoms with E-state index in [9.17, 15) is 9.59 Å². The first-order chi connectivity index (χ1) is 12.1. The number of carbonyl (C=O) groups excluding carboxylic acids is 2. The van der Waals surface area contributed by atoms with E-state index in [1.54, 1.807) is 19.5 Å². The standard InChI is InChI=1S/C18H22N4O3/c1-25-9-8-21-6-4-18(17(21)24)5-7-22(11-18)16(23)13-2-3-14-15(10-13)20-12-19-14/h2-3,10,12H,4-9,11H2,1H3,(H,19,20). The van der Waals surface area contributed by atoms with Crippen LogP contribution in [0.15, 0.2) is 24.5 Å². The molecule has 0 bridgehead atoms. The number of ether oxygens (including phenoxy) is 1. The summed E-state index contributed by atoms with van der Waals surface area (Å²) in [5.74, 6) is 0.153. The SMILES string of the molecule is COCCN1CCC2(CCN(C(=O)c3ccc4nc[nH]c4c3)C2)C1=O. The number of rotatable bonds is 4. The summed E-state index contributed by atoms with van der Waals surface area (Å²) >= 11 is 0. The third-order valence-electron chi connectivity index (χ3n) is 5.47. The normalized spacial score (nSPS) is 23.3. The van der Waals surface area contributed by atoms with Crippen LogP contribution in [-0.2, 0) is 9.53 Å². The molecule has 7 heteroatoms. The zero-order valence-electron chi connectivity index (χ0n) is 14.3. The summed E-state index contributed by atoms with van der Waals surface area (Å²) < 4.78 is 5.08. The van der Waals surface area contributed by atoms with Crippen LogP contribution in [0.5, 0.6) is 0 Å². The number of methoxy groups -OCH3 is 1. The van der Waals surface area contributed by atoms with Gasteiger partial charge in [-0.1, -0.05) is 0 Å². The van der Waals surface area contributed by atoms with Gasteiger partial charge in [0.05, 0.1) is 29.4 Å². The van der Waals surface area contributed by atoms with Crippen molar-refractivity contribution in [3.05, 3.63) is 30.1 Å². The van der Waals surface area contributed by atoms with E-state index in [0.29, 0.717) is 31.8 Å². The number of aromatic amines is 1. The molecule has 3 heterocycles. The highest BCUT2D eigenvalue weighted by molar-refractivity contribution is 5.98. The molecule has 1 aromatic heterocycles. The predicted octanol–water partition coefficient (Wildman–Crippen LogP) is 1.27. The van der Waals surface area contributed by atoms with Crippen LogP contribution >= 0.6 is 0 Å². The topological polar surface area (TPSA) is 78.5 Å². The Morgan fingerprint density at radius 2 is 2.20 bits per heavy atom. The summed E-state index contributed by atoms with van der Waals surface area (Å²) in [6.07, 6.45) is 3.18. The minimum Gasteiger partial charge on any atom is -0.383 e. The van der Waals surface area contributed by atoms with Gasteiger partial charge in [-0.15, -0.1) is 0 Å². The molecule has 0 aliphatic carbocycles. The molecule has 25 heavy (non-hydrogen) atoms. The minimum absolute atomic E-state index is 0.0171. The minimum atomic E-state index is -0.401. The molecular weight excluding hydrogens is 320 g/mol. The molecule has 4 rings (SSSR count). The molecule has 7 nitrogen and oxygen atoms in total. The van der Waals surface area contributed by atoms with E-state index < -0.39 is 5.41 Å². The highest BCUT2D eigenvalue weighted by Gasteiger charge is 2.51. The van der Waals surface area contributed by atoms with Gasteiger partial charge in [-0.05, 0) is 31.0 Å². The van der Waals surface area contributed by atoms with Crippen molar-refractivity contribution in [1.29, 1.82) is 0 Å². The van der Waals surface area contributed by atoms with E-state index in [2.05, 4.69) is 9.97 Å². The van der Waals surface area contributed by atoms with Gasteiger partial charge in [0.1, 0.15) is 0 Å². The van der Waals surface area contributed by atoms with Gasteiger partial charge in [0.15, 0.2) is 0 Å². The van der Waals surface area contributed by atoms with Crippen molar-refractivity contribution < 1.29 is 14.3 Å². The number of likely N-dealkylation sites (tertiary alicyclic amines) is 2. The first-order valence-corrected chi connectivity index (χ1v) is 8.64. The van der Waals surface area contributed by atoms with Crippen molar-refractivity contribution in [2.45, 2.75) is 12.8 Å². The Kier molecular flexibility index (Phi) is 3.95. The van der Waals surface area contributed by atoms with Gasteiger partial charge in [-0.3, -0.25) is 9.59 Å². The number of nitrogens with one attached hydrogen (secondary N) is 1. The largest absolute Gasteiger partial charge is 0.383 e. The third-order valence-corrected chi connectivity index (χ3v) is 5.47. The van der Waals surface area contributed by atoms with Gasteiger partial charge in [0.2, 0.25) is 5.91 Å². The predicted molar refractivity (Wildman–Crippen MR) is 92.1 cm³/mol. The Bertz CT molecular complexity index is 818. The van der Waals surface area contributed by atoms with Gasteiger partial charge >= 0.3 is 0 Å². The Morgan fingerprint density at radius 1 is 1.36 bits per heavy atom. The number of imidazole rings is 1. The lowest BCUT2D eigenvalue weighted by Gasteiger charge is -2.23. The number of amides is 2. The first-order valence-electron chi connectivity index (χ1n) is 8.64. The first kappa shape index (κ1) is 16.1. The van der Waals surface area contributed by atoms with E-state index in [0.717, 1.165) is 30.4 Å². The second kappa shape index (κ2) is 6.15. The smallest absolute Gasteiger partial charge is 0.253 e. The van der Waals surface area contributed by atoms with E-state index in [1.807, 2.05) is 21.9 Å². The zero-order chi connectivity index (χ0) is 17.4. The number of fused-ring (bicyclic) bond motifs is 1. The summed E-state index contributed by atoms with van der Waals surface area (Å²) in [6.45, 7) is 3.07. The maximum absolute atomic E-state index is 12.9. The summed E-state index contributed by atoms with van der Waals surface area (Å²) in [6, 6.07) is 5.48. The van der Waals surface area contributed by atoms with Crippen molar-refractivity contribution in [3.63, 3.8) is 0 Å². The molecule has 1 spiro atoms. The average Bonchev–Trinajstić information content (AvgIpc) is 3.34. The summed E-state index contributed by atoms with van der Waals surface area (Å²) in [4.78, 5) is 36.6. The van der Waals surface area contributed by atoms with Crippen molar-refractivity contribution in [3.8, 4) is 0 Å². The van der Waals surface area contributed by atoms with Gasteiger partial charge in [0.25, 0.3) is 5.91 Å². The number of carbonyl (C=O) groups is 2. The molecule has 0 radical (unpaired) electrons. The Hall–Kier alpha value is -2.41. The van der Waals surface area contributed by atoms with E-state index in [1.165, 1.54) is 0 Å². The van der Waals surface area contributed by atoms with Crippen molar-refractivity contribution in [2.24, 2.45) is 5.41 Å². The van der Waals surface area contributed by atoms with Crippen LogP contribution in [0.3, 0.4) is 0 Å². The van der Waals surface area contributed by atoms with Crippen molar-refractivity contribution >= 4 is 22.8 Å². The quantitative estimate of drug-likeness (QED) is 0.908. The van der Waals surface area contributed by atoms with E-state index in [4.69, 9.17) is 4.74 Å².